The Labute approximate surface area is 115 Å². The molecule has 0 unspecified atom stereocenters. The van der Waals surface area contributed by atoms with Crippen molar-refractivity contribution in [1.82, 2.24) is 9.78 Å². The van der Waals surface area contributed by atoms with Crippen LogP contribution in [0.3, 0.4) is 0 Å². The molecule has 94 valence electrons. The predicted molar refractivity (Wildman–Crippen MR) is 74.9 cm³/mol. The van der Waals surface area contributed by atoms with E-state index < -0.39 is 0 Å². The van der Waals surface area contributed by atoms with Gasteiger partial charge >= 0.3 is 0 Å². The molecule has 1 aromatic carbocycles. The van der Waals surface area contributed by atoms with Crippen molar-refractivity contribution in [3.05, 3.63) is 51.3 Å². The number of hydrogen-bond donors (Lipinski definition) is 0. The van der Waals surface area contributed by atoms with Gasteiger partial charge in [-0.05, 0) is 43.7 Å². The quantitative estimate of drug-likeness (QED) is 0.816. The van der Waals surface area contributed by atoms with Crippen LogP contribution >= 0.6 is 15.9 Å². The highest BCUT2D eigenvalue weighted by Crippen LogP contribution is 2.17. The second kappa shape index (κ2) is 5.06. The van der Waals surface area contributed by atoms with Crippen LogP contribution in [0.4, 0.5) is 0 Å². The number of nitrogens with zero attached hydrogens (tertiary/aromatic N) is 2. The Kier molecular flexibility index (Phi) is 3.66. The van der Waals surface area contributed by atoms with Gasteiger partial charge in [0.1, 0.15) is 0 Å². The van der Waals surface area contributed by atoms with Crippen molar-refractivity contribution in [3.8, 4) is 0 Å². The molecule has 1 heterocycles. The topological polar surface area (TPSA) is 34.9 Å². The first kappa shape index (κ1) is 13.0. The molecule has 0 N–H and O–H groups in total. The number of carbonyl (C=O) groups excluding carboxylic acids is 1. The molecule has 0 saturated heterocycles. The molecule has 2 rings (SSSR count). The van der Waals surface area contributed by atoms with Gasteiger partial charge in [0, 0.05) is 22.8 Å². The van der Waals surface area contributed by atoms with E-state index >= 15 is 0 Å². The number of carbonyl (C=O) groups is 1. The molecule has 3 nitrogen and oxygen atoms in total. The molecule has 0 aliphatic carbocycles. The minimum atomic E-state index is 0.113. The monoisotopic (exact) mass is 306 g/mol. The van der Waals surface area contributed by atoms with Crippen LogP contribution in [-0.2, 0) is 13.5 Å². The van der Waals surface area contributed by atoms with E-state index in [9.17, 15) is 4.79 Å². The lowest BCUT2D eigenvalue weighted by atomic mass is 10.0. The Morgan fingerprint density at radius 1 is 1.28 bits per heavy atom. The fourth-order valence-corrected chi connectivity index (χ4v) is 2.60. The minimum Gasteiger partial charge on any atom is -0.294 e. The third-order valence-electron chi connectivity index (χ3n) is 2.80. The Balaban J connectivity index is 2.24. The average Bonchev–Trinajstić information content (AvgIpc) is 2.56. The normalized spacial score (nSPS) is 10.7. The van der Waals surface area contributed by atoms with Crippen molar-refractivity contribution in [1.29, 1.82) is 0 Å². The maximum Gasteiger partial charge on any atom is 0.168 e. The van der Waals surface area contributed by atoms with Crippen LogP contribution in [-0.4, -0.2) is 15.6 Å². The lowest BCUT2D eigenvalue weighted by Gasteiger charge is -2.04. The molecule has 0 fully saturated rings. The average molecular weight is 307 g/mol. The maximum absolute atomic E-state index is 12.2. The molecule has 18 heavy (non-hydrogen) atoms. The van der Waals surface area contributed by atoms with E-state index in [1.165, 1.54) is 0 Å². The van der Waals surface area contributed by atoms with Crippen molar-refractivity contribution in [2.75, 3.05) is 0 Å². The zero-order chi connectivity index (χ0) is 13.3. The van der Waals surface area contributed by atoms with Gasteiger partial charge in [-0.2, -0.15) is 5.10 Å². The molecular formula is C14H15BrN2O. The smallest absolute Gasteiger partial charge is 0.168 e. The SMILES string of the molecule is Cc1cc(Br)cc(C(=O)Cc2cc(C)nn2C)c1. The van der Waals surface area contributed by atoms with E-state index in [0.29, 0.717) is 6.42 Å². The molecule has 0 spiro atoms. The van der Waals surface area contributed by atoms with E-state index in [0.717, 1.165) is 27.0 Å². The Hall–Kier alpha value is -1.42. The van der Waals surface area contributed by atoms with Crippen LogP contribution in [0.15, 0.2) is 28.7 Å². The highest BCUT2D eigenvalue weighted by Gasteiger charge is 2.11. The zero-order valence-corrected chi connectivity index (χ0v) is 12.3. The van der Waals surface area contributed by atoms with Crippen LogP contribution in [0.1, 0.15) is 27.3 Å². The van der Waals surface area contributed by atoms with Crippen molar-refractivity contribution in [2.45, 2.75) is 20.3 Å². The van der Waals surface area contributed by atoms with Gasteiger partial charge in [0.05, 0.1) is 12.1 Å². The summed E-state index contributed by atoms with van der Waals surface area (Å²) in [5.41, 5.74) is 3.69. The first-order valence-corrected chi connectivity index (χ1v) is 6.55. The second-order valence-electron chi connectivity index (χ2n) is 4.52. The fourth-order valence-electron chi connectivity index (χ4n) is 1.99. The molecule has 0 radical (unpaired) electrons. The molecule has 1 aromatic heterocycles. The van der Waals surface area contributed by atoms with Gasteiger partial charge in [0.15, 0.2) is 5.78 Å². The Morgan fingerprint density at radius 3 is 2.56 bits per heavy atom. The van der Waals surface area contributed by atoms with Crippen molar-refractivity contribution in [3.63, 3.8) is 0 Å². The highest BCUT2D eigenvalue weighted by atomic mass is 79.9. The summed E-state index contributed by atoms with van der Waals surface area (Å²) >= 11 is 3.42. The third kappa shape index (κ3) is 2.88. The predicted octanol–water partition coefficient (Wildman–Crippen LogP) is 3.22. The van der Waals surface area contributed by atoms with Gasteiger partial charge in [0.2, 0.25) is 0 Å². The first-order valence-electron chi connectivity index (χ1n) is 5.75. The molecule has 0 aliphatic heterocycles. The summed E-state index contributed by atoms with van der Waals surface area (Å²) in [4.78, 5) is 12.2. The van der Waals surface area contributed by atoms with Gasteiger partial charge in [0.25, 0.3) is 0 Å². The van der Waals surface area contributed by atoms with Crippen LogP contribution < -0.4 is 0 Å². The minimum absolute atomic E-state index is 0.113. The van der Waals surface area contributed by atoms with Gasteiger partial charge < -0.3 is 0 Å². The maximum atomic E-state index is 12.2. The summed E-state index contributed by atoms with van der Waals surface area (Å²) in [6, 6.07) is 7.71. The van der Waals surface area contributed by atoms with Crippen LogP contribution in [0.2, 0.25) is 0 Å². The van der Waals surface area contributed by atoms with Crippen LogP contribution in [0, 0.1) is 13.8 Å². The van der Waals surface area contributed by atoms with Gasteiger partial charge in [-0.15, -0.1) is 0 Å². The zero-order valence-electron chi connectivity index (χ0n) is 10.7. The van der Waals surface area contributed by atoms with Crippen molar-refractivity contribution < 1.29 is 4.79 Å². The van der Waals surface area contributed by atoms with Crippen molar-refractivity contribution in [2.24, 2.45) is 7.05 Å². The van der Waals surface area contributed by atoms with E-state index in [-0.39, 0.29) is 5.78 Å². The van der Waals surface area contributed by atoms with Crippen LogP contribution in [0.25, 0.3) is 0 Å². The summed E-state index contributed by atoms with van der Waals surface area (Å²) in [6.45, 7) is 3.91. The number of aryl methyl sites for hydroxylation is 3. The molecule has 0 amide bonds. The Bertz CT molecular complexity index is 582. The van der Waals surface area contributed by atoms with Crippen LogP contribution in [0.5, 0.6) is 0 Å². The number of aromatic nitrogens is 2. The third-order valence-corrected chi connectivity index (χ3v) is 3.26. The summed E-state index contributed by atoms with van der Waals surface area (Å²) in [5, 5.41) is 4.25. The number of ketones is 1. The van der Waals surface area contributed by atoms with Gasteiger partial charge in [-0.1, -0.05) is 15.9 Å². The van der Waals surface area contributed by atoms with E-state index in [1.54, 1.807) is 4.68 Å². The molecule has 0 saturated carbocycles. The molecule has 0 aliphatic rings. The molecular weight excluding hydrogens is 292 g/mol. The van der Waals surface area contributed by atoms with E-state index in [4.69, 9.17) is 0 Å². The van der Waals surface area contributed by atoms with E-state index in [1.807, 2.05) is 45.2 Å². The first-order chi connectivity index (χ1) is 8.45. The standard InChI is InChI=1S/C14H15BrN2O/c1-9-4-11(7-12(15)5-9)14(18)8-13-6-10(2)16-17(13)3/h4-7H,8H2,1-3H3. The molecule has 4 heteroatoms. The molecule has 2 aromatic rings. The molecule has 0 bridgehead atoms. The lowest BCUT2D eigenvalue weighted by molar-refractivity contribution is 0.0990. The number of rotatable bonds is 3. The summed E-state index contributed by atoms with van der Waals surface area (Å²) < 4.78 is 2.70. The van der Waals surface area contributed by atoms with Crippen molar-refractivity contribution >= 4 is 21.7 Å². The lowest BCUT2D eigenvalue weighted by Crippen LogP contribution is -2.08. The second-order valence-corrected chi connectivity index (χ2v) is 5.43. The Morgan fingerprint density at radius 2 is 2.00 bits per heavy atom. The van der Waals surface area contributed by atoms with E-state index in [2.05, 4.69) is 21.0 Å². The summed E-state index contributed by atoms with van der Waals surface area (Å²) in [6.07, 6.45) is 0.382. The number of Topliss-reactive ketones (excluding diaryl/α,β-unsaturated/α-hetero) is 1. The van der Waals surface area contributed by atoms with Gasteiger partial charge in [-0.3, -0.25) is 9.48 Å². The van der Waals surface area contributed by atoms with Gasteiger partial charge in [-0.25, -0.2) is 0 Å². The largest absolute Gasteiger partial charge is 0.294 e. The highest BCUT2D eigenvalue weighted by molar-refractivity contribution is 9.10. The molecule has 0 atom stereocenters. The summed E-state index contributed by atoms with van der Waals surface area (Å²) in [7, 11) is 1.86. The number of benzene rings is 1. The number of hydrogen-bond acceptors (Lipinski definition) is 2. The number of halogens is 1. The summed E-state index contributed by atoms with van der Waals surface area (Å²) in [5.74, 6) is 0.113. The fraction of sp³-hybridized carbons (Fsp3) is 0.286.